The molecule has 0 saturated heterocycles. The largest absolute Gasteiger partial charge is 0.496 e. The van der Waals surface area contributed by atoms with E-state index >= 15 is 0 Å². The number of aliphatic hydroxyl groups excluding tert-OH is 1. The Morgan fingerprint density at radius 1 is 1.26 bits per heavy atom. The molecule has 0 aliphatic carbocycles. The molecule has 7 heteroatoms. The second kappa shape index (κ2) is 6.08. The van der Waals surface area contributed by atoms with Crippen LogP contribution in [0.5, 0.6) is 11.5 Å². The van der Waals surface area contributed by atoms with E-state index in [4.69, 9.17) is 14.0 Å². The maximum Gasteiger partial charge on any atom is 0.324 e. The second-order valence-corrected chi connectivity index (χ2v) is 5.85. The lowest BCUT2D eigenvalue weighted by atomic mass is 9.95. The molecular weight excluding hydrogens is 298 g/mol. The van der Waals surface area contributed by atoms with Gasteiger partial charge in [0.15, 0.2) is 5.82 Å². The van der Waals surface area contributed by atoms with Crippen LogP contribution in [-0.4, -0.2) is 36.0 Å². The van der Waals surface area contributed by atoms with Gasteiger partial charge in [-0.15, -0.1) is 0 Å². The third-order valence-electron chi connectivity index (χ3n) is 4.01. The summed E-state index contributed by atoms with van der Waals surface area (Å²) in [4.78, 5) is 6.26. The quantitative estimate of drug-likeness (QED) is 0.925. The first-order valence-corrected chi connectivity index (χ1v) is 7.55. The standard InChI is InChI=1S/C16H21N3O4/c1-9(2)15-17-16(23-18-15)19-7-10-12(21-3)5-6-13(22-4)14(10)11(20)8-19/h5-6,9,11,20H,7-8H2,1-4H3. The Morgan fingerprint density at radius 3 is 2.57 bits per heavy atom. The number of anilines is 1. The maximum absolute atomic E-state index is 10.6. The van der Waals surface area contributed by atoms with Crippen LogP contribution >= 0.6 is 0 Å². The van der Waals surface area contributed by atoms with Crippen LogP contribution in [0.2, 0.25) is 0 Å². The molecule has 2 aromatic rings. The number of aliphatic hydroxyl groups is 1. The van der Waals surface area contributed by atoms with Crippen molar-refractivity contribution in [3.8, 4) is 11.5 Å². The number of hydrogen-bond acceptors (Lipinski definition) is 7. The summed E-state index contributed by atoms with van der Waals surface area (Å²) >= 11 is 0. The van der Waals surface area contributed by atoms with E-state index < -0.39 is 6.10 Å². The van der Waals surface area contributed by atoms with Gasteiger partial charge in [0.2, 0.25) is 0 Å². The van der Waals surface area contributed by atoms with E-state index in [0.29, 0.717) is 36.4 Å². The smallest absolute Gasteiger partial charge is 0.324 e. The highest BCUT2D eigenvalue weighted by atomic mass is 16.5. The SMILES string of the molecule is COc1ccc(OC)c2c1CN(c1nc(C(C)C)no1)CC2O. The summed E-state index contributed by atoms with van der Waals surface area (Å²) in [7, 11) is 3.20. The fourth-order valence-electron chi connectivity index (χ4n) is 2.81. The molecule has 7 nitrogen and oxygen atoms in total. The van der Waals surface area contributed by atoms with E-state index in [1.807, 2.05) is 24.8 Å². The number of hydrogen-bond donors (Lipinski definition) is 1. The first-order chi connectivity index (χ1) is 11.0. The summed E-state index contributed by atoms with van der Waals surface area (Å²) in [6.45, 7) is 4.87. The molecule has 0 amide bonds. The van der Waals surface area contributed by atoms with Gasteiger partial charge in [0.25, 0.3) is 0 Å². The third-order valence-corrected chi connectivity index (χ3v) is 4.01. The van der Waals surface area contributed by atoms with E-state index in [2.05, 4.69) is 10.1 Å². The molecule has 0 radical (unpaired) electrons. The molecule has 1 aromatic carbocycles. The first kappa shape index (κ1) is 15.6. The minimum Gasteiger partial charge on any atom is -0.496 e. The van der Waals surface area contributed by atoms with Crippen molar-refractivity contribution in [1.82, 2.24) is 10.1 Å². The van der Waals surface area contributed by atoms with E-state index in [9.17, 15) is 5.11 Å². The lowest BCUT2D eigenvalue weighted by molar-refractivity contribution is 0.167. The molecule has 2 heterocycles. The number of aromatic nitrogens is 2. The molecule has 1 unspecified atom stereocenters. The number of fused-ring (bicyclic) bond motifs is 1. The minimum atomic E-state index is -0.724. The summed E-state index contributed by atoms with van der Waals surface area (Å²) in [5.41, 5.74) is 1.63. The molecule has 0 fully saturated rings. The number of methoxy groups -OCH3 is 2. The van der Waals surface area contributed by atoms with Crippen molar-refractivity contribution in [2.45, 2.75) is 32.4 Å². The van der Waals surface area contributed by atoms with E-state index in [1.54, 1.807) is 20.3 Å². The second-order valence-electron chi connectivity index (χ2n) is 5.85. The van der Waals surface area contributed by atoms with Crippen molar-refractivity contribution in [2.75, 3.05) is 25.7 Å². The molecule has 1 aliphatic rings. The molecule has 0 saturated carbocycles. The molecule has 1 N–H and O–H groups in total. The Kier molecular flexibility index (Phi) is 4.12. The molecule has 1 aliphatic heterocycles. The number of β-amino-alcohol motifs (C(OH)–C–C–N with tert-alkyl or cyclic N) is 1. The Morgan fingerprint density at radius 2 is 1.96 bits per heavy atom. The number of benzene rings is 1. The van der Waals surface area contributed by atoms with Gasteiger partial charge >= 0.3 is 6.01 Å². The molecule has 0 spiro atoms. The average Bonchev–Trinajstić information content (AvgIpc) is 3.04. The summed E-state index contributed by atoms with van der Waals surface area (Å²) in [5.74, 6) is 2.19. The lowest BCUT2D eigenvalue weighted by Crippen LogP contribution is -2.34. The van der Waals surface area contributed by atoms with Crippen LogP contribution in [0.1, 0.15) is 42.8 Å². The third kappa shape index (κ3) is 2.72. The Bertz CT molecular complexity index is 699. The van der Waals surface area contributed by atoms with Gasteiger partial charge in [-0.2, -0.15) is 4.98 Å². The highest BCUT2D eigenvalue weighted by Crippen LogP contribution is 2.40. The number of rotatable bonds is 4. The van der Waals surface area contributed by atoms with Gasteiger partial charge in [0.05, 0.1) is 27.3 Å². The Hall–Kier alpha value is -2.28. The Labute approximate surface area is 134 Å². The van der Waals surface area contributed by atoms with Crippen molar-refractivity contribution in [3.05, 3.63) is 29.1 Å². The summed E-state index contributed by atoms with van der Waals surface area (Å²) in [5, 5.41) is 14.6. The van der Waals surface area contributed by atoms with Crippen molar-refractivity contribution < 1.29 is 19.1 Å². The van der Waals surface area contributed by atoms with Crippen molar-refractivity contribution in [3.63, 3.8) is 0 Å². The maximum atomic E-state index is 10.6. The zero-order valence-corrected chi connectivity index (χ0v) is 13.7. The molecule has 1 atom stereocenters. The van der Waals surface area contributed by atoms with Gasteiger partial charge in [-0.05, 0) is 12.1 Å². The van der Waals surface area contributed by atoms with Gasteiger partial charge in [-0.25, -0.2) is 0 Å². The van der Waals surface area contributed by atoms with E-state index in [0.717, 1.165) is 11.1 Å². The summed E-state index contributed by atoms with van der Waals surface area (Å²) < 4.78 is 16.1. The average molecular weight is 319 g/mol. The Balaban J connectivity index is 1.98. The number of nitrogens with zero attached hydrogens (tertiary/aromatic N) is 3. The molecule has 1 aromatic heterocycles. The molecule has 3 rings (SSSR count). The zero-order valence-electron chi connectivity index (χ0n) is 13.7. The number of ether oxygens (including phenoxy) is 2. The van der Waals surface area contributed by atoms with Gasteiger partial charge in [-0.3, -0.25) is 0 Å². The molecule has 23 heavy (non-hydrogen) atoms. The summed E-state index contributed by atoms with van der Waals surface area (Å²) in [6, 6.07) is 4.05. The van der Waals surface area contributed by atoms with Gasteiger partial charge < -0.3 is 24.0 Å². The van der Waals surface area contributed by atoms with Crippen LogP contribution in [0.15, 0.2) is 16.7 Å². The van der Waals surface area contributed by atoms with Crippen molar-refractivity contribution in [2.24, 2.45) is 0 Å². The van der Waals surface area contributed by atoms with Crippen molar-refractivity contribution >= 4 is 6.01 Å². The topological polar surface area (TPSA) is 80.9 Å². The fraction of sp³-hybridized carbons (Fsp3) is 0.500. The fourth-order valence-corrected chi connectivity index (χ4v) is 2.81. The lowest BCUT2D eigenvalue weighted by Gasteiger charge is -2.32. The van der Waals surface area contributed by atoms with Crippen LogP contribution in [0, 0.1) is 0 Å². The van der Waals surface area contributed by atoms with Gasteiger partial charge in [-0.1, -0.05) is 19.0 Å². The minimum absolute atomic E-state index is 0.184. The van der Waals surface area contributed by atoms with Crippen LogP contribution in [0.4, 0.5) is 6.01 Å². The predicted molar refractivity (Wildman–Crippen MR) is 83.9 cm³/mol. The highest BCUT2D eigenvalue weighted by molar-refractivity contribution is 5.54. The molecule has 124 valence electrons. The van der Waals surface area contributed by atoms with E-state index in [1.165, 1.54) is 0 Å². The molecule has 0 bridgehead atoms. The first-order valence-electron chi connectivity index (χ1n) is 7.55. The zero-order chi connectivity index (χ0) is 16.6. The van der Waals surface area contributed by atoms with Crippen LogP contribution in [0.25, 0.3) is 0 Å². The monoisotopic (exact) mass is 319 g/mol. The normalized spacial score (nSPS) is 17.3. The van der Waals surface area contributed by atoms with Crippen LogP contribution in [-0.2, 0) is 6.54 Å². The van der Waals surface area contributed by atoms with Gasteiger partial charge in [0.1, 0.15) is 17.6 Å². The van der Waals surface area contributed by atoms with Crippen LogP contribution in [0.3, 0.4) is 0 Å². The van der Waals surface area contributed by atoms with Gasteiger partial charge in [0, 0.05) is 17.0 Å². The van der Waals surface area contributed by atoms with Crippen molar-refractivity contribution in [1.29, 1.82) is 0 Å². The van der Waals surface area contributed by atoms with E-state index in [-0.39, 0.29) is 5.92 Å². The predicted octanol–water partition coefficient (Wildman–Crippen LogP) is 2.26. The van der Waals surface area contributed by atoms with Crippen LogP contribution < -0.4 is 14.4 Å². The highest BCUT2D eigenvalue weighted by Gasteiger charge is 2.32. The molecular formula is C16H21N3O4. The summed E-state index contributed by atoms with van der Waals surface area (Å²) in [6.07, 6.45) is -0.724.